The molecule has 2 heteroatoms. The fourth-order valence-corrected chi connectivity index (χ4v) is 1.55. The highest BCUT2D eigenvalue weighted by atomic mass is 14.9. The van der Waals surface area contributed by atoms with E-state index in [9.17, 15) is 0 Å². The maximum atomic E-state index is 3.97. The van der Waals surface area contributed by atoms with E-state index in [4.69, 9.17) is 0 Å². The molecule has 80 valence electrons. The SMILES string of the molecule is C=Nc1ccccc1NCc1ccccc1. The van der Waals surface area contributed by atoms with E-state index < -0.39 is 0 Å². The first-order chi connectivity index (χ1) is 7.90. The molecule has 16 heavy (non-hydrogen) atoms. The van der Waals surface area contributed by atoms with Gasteiger partial charge >= 0.3 is 0 Å². The van der Waals surface area contributed by atoms with Crippen molar-refractivity contribution in [3.63, 3.8) is 0 Å². The molecule has 1 N–H and O–H groups in total. The van der Waals surface area contributed by atoms with Crippen LogP contribution >= 0.6 is 0 Å². The lowest BCUT2D eigenvalue weighted by Gasteiger charge is -2.08. The number of hydrogen-bond donors (Lipinski definition) is 1. The van der Waals surface area contributed by atoms with Crippen LogP contribution in [-0.2, 0) is 6.54 Å². The van der Waals surface area contributed by atoms with Crippen molar-refractivity contribution in [1.29, 1.82) is 0 Å². The van der Waals surface area contributed by atoms with Gasteiger partial charge in [-0.1, -0.05) is 42.5 Å². The van der Waals surface area contributed by atoms with Gasteiger partial charge in [-0.15, -0.1) is 0 Å². The van der Waals surface area contributed by atoms with Crippen molar-refractivity contribution in [1.82, 2.24) is 0 Å². The summed E-state index contributed by atoms with van der Waals surface area (Å²) in [6.07, 6.45) is 0. The molecular weight excluding hydrogens is 196 g/mol. The third kappa shape index (κ3) is 2.48. The smallest absolute Gasteiger partial charge is 0.0853 e. The van der Waals surface area contributed by atoms with Crippen LogP contribution in [0.4, 0.5) is 11.4 Å². The first-order valence-electron chi connectivity index (χ1n) is 5.23. The number of aliphatic imine (C=N–C) groups is 1. The molecule has 0 fully saturated rings. The van der Waals surface area contributed by atoms with Crippen LogP contribution in [0.15, 0.2) is 59.6 Å². The first kappa shape index (κ1) is 10.4. The van der Waals surface area contributed by atoms with Gasteiger partial charge in [-0.2, -0.15) is 0 Å². The zero-order valence-corrected chi connectivity index (χ0v) is 9.06. The summed E-state index contributed by atoms with van der Waals surface area (Å²) < 4.78 is 0. The minimum atomic E-state index is 0.799. The number of para-hydroxylation sites is 2. The van der Waals surface area contributed by atoms with Crippen LogP contribution in [0, 0.1) is 0 Å². The van der Waals surface area contributed by atoms with Crippen molar-refractivity contribution >= 4 is 18.1 Å². The molecule has 0 atom stereocenters. The number of nitrogens with zero attached hydrogens (tertiary/aromatic N) is 1. The molecule has 0 aliphatic heterocycles. The van der Waals surface area contributed by atoms with Crippen molar-refractivity contribution in [2.24, 2.45) is 4.99 Å². The van der Waals surface area contributed by atoms with E-state index >= 15 is 0 Å². The molecule has 0 bridgehead atoms. The second-order valence-corrected chi connectivity index (χ2v) is 3.51. The Labute approximate surface area is 95.7 Å². The average molecular weight is 210 g/mol. The number of rotatable bonds is 4. The monoisotopic (exact) mass is 210 g/mol. The van der Waals surface area contributed by atoms with E-state index in [1.165, 1.54) is 5.56 Å². The highest BCUT2D eigenvalue weighted by Gasteiger charge is 1.98. The van der Waals surface area contributed by atoms with E-state index in [1.807, 2.05) is 42.5 Å². The zero-order chi connectivity index (χ0) is 11.2. The van der Waals surface area contributed by atoms with E-state index in [0.717, 1.165) is 17.9 Å². The molecular formula is C14H14N2. The predicted molar refractivity (Wildman–Crippen MR) is 69.4 cm³/mol. The summed E-state index contributed by atoms with van der Waals surface area (Å²) in [7, 11) is 0. The zero-order valence-electron chi connectivity index (χ0n) is 9.06. The lowest BCUT2D eigenvalue weighted by Crippen LogP contribution is -1.98. The Hall–Kier alpha value is -2.09. The Kier molecular flexibility index (Phi) is 3.34. The number of anilines is 1. The van der Waals surface area contributed by atoms with E-state index in [2.05, 4.69) is 29.2 Å². The summed E-state index contributed by atoms with van der Waals surface area (Å²) in [4.78, 5) is 3.97. The predicted octanol–water partition coefficient (Wildman–Crippen LogP) is 3.63. The average Bonchev–Trinajstić information content (AvgIpc) is 2.38. The van der Waals surface area contributed by atoms with Crippen LogP contribution in [0.2, 0.25) is 0 Å². The minimum Gasteiger partial charge on any atom is -0.379 e. The van der Waals surface area contributed by atoms with Crippen LogP contribution in [0.25, 0.3) is 0 Å². The van der Waals surface area contributed by atoms with Crippen LogP contribution in [0.5, 0.6) is 0 Å². The third-order valence-electron chi connectivity index (χ3n) is 2.40. The summed E-state index contributed by atoms with van der Waals surface area (Å²) in [5.41, 5.74) is 3.15. The molecule has 0 saturated heterocycles. The molecule has 2 aromatic carbocycles. The van der Waals surface area contributed by atoms with Gasteiger partial charge in [0.05, 0.1) is 11.4 Å². The van der Waals surface area contributed by atoms with Crippen molar-refractivity contribution < 1.29 is 0 Å². The van der Waals surface area contributed by atoms with Gasteiger partial charge in [0.2, 0.25) is 0 Å². The Morgan fingerprint density at radius 2 is 1.62 bits per heavy atom. The van der Waals surface area contributed by atoms with Crippen LogP contribution in [0.1, 0.15) is 5.56 Å². The molecule has 0 spiro atoms. The van der Waals surface area contributed by atoms with Gasteiger partial charge in [-0.05, 0) is 24.4 Å². The van der Waals surface area contributed by atoms with E-state index in [1.54, 1.807) is 0 Å². The molecule has 0 aromatic heterocycles. The maximum Gasteiger partial charge on any atom is 0.0853 e. The van der Waals surface area contributed by atoms with Crippen molar-refractivity contribution in [3.8, 4) is 0 Å². The van der Waals surface area contributed by atoms with Gasteiger partial charge in [-0.3, -0.25) is 4.99 Å². The Morgan fingerprint density at radius 1 is 0.938 bits per heavy atom. The van der Waals surface area contributed by atoms with Crippen molar-refractivity contribution in [2.75, 3.05) is 5.32 Å². The first-order valence-corrected chi connectivity index (χ1v) is 5.23. The second-order valence-electron chi connectivity index (χ2n) is 3.51. The summed E-state index contributed by atoms with van der Waals surface area (Å²) >= 11 is 0. The molecule has 0 radical (unpaired) electrons. The molecule has 0 amide bonds. The highest BCUT2D eigenvalue weighted by Crippen LogP contribution is 2.23. The van der Waals surface area contributed by atoms with Crippen molar-refractivity contribution in [2.45, 2.75) is 6.54 Å². The molecule has 0 aliphatic rings. The van der Waals surface area contributed by atoms with Crippen LogP contribution < -0.4 is 5.32 Å². The van der Waals surface area contributed by atoms with Crippen molar-refractivity contribution in [3.05, 3.63) is 60.2 Å². The minimum absolute atomic E-state index is 0.799. The van der Waals surface area contributed by atoms with Gasteiger partial charge < -0.3 is 5.32 Å². The van der Waals surface area contributed by atoms with Gasteiger partial charge in [0.15, 0.2) is 0 Å². The number of benzene rings is 2. The molecule has 2 nitrogen and oxygen atoms in total. The van der Waals surface area contributed by atoms with Gasteiger partial charge in [0.1, 0.15) is 0 Å². The Morgan fingerprint density at radius 3 is 2.38 bits per heavy atom. The van der Waals surface area contributed by atoms with Crippen LogP contribution in [0.3, 0.4) is 0 Å². The quantitative estimate of drug-likeness (QED) is 0.765. The summed E-state index contributed by atoms with van der Waals surface area (Å²) in [5, 5.41) is 3.35. The van der Waals surface area contributed by atoms with Crippen LogP contribution in [-0.4, -0.2) is 6.72 Å². The third-order valence-corrected chi connectivity index (χ3v) is 2.40. The number of hydrogen-bond acceptors (Lipinski definition) is 2. The molecule has 0 saturated carbocycles. The van der Waals surface area contributed by atoms with Gasteiger partial charge in [0, 0.05) is 6.54 Å². The Balaban J connectivity index is 2.08. The van der Waals surface area contributed by atoms with E-state index in [0.29, 0.717) is 0 Å². The van der Waals surface area contributed by atoms with Gasteiger partial charge in [-0.25, -0.2) is 0 Å². The molecule has 2 rings (SSSR count). The Bertz CT molecular complexity index is 463. The fourth-order valence-electron chi connectivity index (χ4n) is 1.55. The molecule has 0 heterocycles. The number of nitrogens with one attached hydrogen (secondary N) is 1. The summed E-state index contributed by atoms with van der Waals surface area (Å²) in [6.45, 7) is 4.36. The lowest BCUT2D eigenvalue weighted by atomic mass is 10.2. The molecule has 0 unspecified atom stereocenters. The summed E-state index contributed by atoms with van der Waals surface area (Å²) in [5.74, 6) is 0. The summed E-state index contributed by atoms with van der Waals surface area (Å²) in [6, 6.07) is 18.2. The van der Waals surface area contributed by atoms with Gasteiger partial charge in [0.25, 0.3) is 0 Å². The normalized spacial score (nSPS) is 9.75. The highest BCUT2D eigenvalue weighted by molar-refractivity contribution is 5.67. The lowest BCUT2D eigenvalue weighted by molar-refractivity contribution is 1.15. The largest absolute Gasteiger partial charge is 0.379 e. The topological polar surface area (TPSA) is 24.4 Å². The standard InChI is InChI=1S/C14H14N2/c1-15-13-9-5-6-10-14(13)16-11-12-7-3-2-4-8-12/h2-10,16H,1,11H2. The molecule has 0 aliphatic carbocycles. The van der Waals surface area contributed by atoms with E-state index in [-0.39, 0.29) is 0 Å². The second kappa shape index (κ2) is 5.12. The maximum absolute atomic E-state index is 3.97. The molecule has 2 aromatic rings. The fraction of sp³-hybridized carbons (Fsp3) is 0.0714.